The maximum atomic E-state index is 4.37. The molecule has 0 bridgehead atoms. The average molecular weight is 210 g/mol. The minimum absolute atomic E-state index is 0.355. The van der Waals surface area contributed by atoms with E-state index in [1.54, 1.807) is 5.57 Å². The number of thiol groups is 1. The Morgan fingerprint density at radius 2 is 2.07 bits per heavy atom. The number of allylic oxidation sites excluding steroid dienone is 3. The number of rotatable bonds is 2. The van der Waals surface area contributed by atoms with Crippen LogP contribution < -0.4 is 0 Å². The van der Waals surface area contributed by atoms with Gasteiger partial charge in [0.25, 0.3) is 0 Å². The van der Waals surface area contributed by atoms with Crippen LogP contribution in [0, 0.1) is 5.41 Å². The SMILES string of the molecule is CC1=C(C=CC(C)S)C(C)(C)CCC1. The van der Waals surface area contributed by atoms with Crippen LogP contribution in [0.15, 0.2) is 23.3 Å². The summed E-state index contributed by atoms with van der Waals surface area (Å²) in [6.07, 6.45) is 8.39. The van der Waals surface area contributed by atoms with E-state index in [9.17, 15) is 0 Å². The van der Waals surface area contributed by atoms with Crippen molar-refractivity contribution in [2.75, 3.05) is 0 Å². The van der Waals surface area contributed by atoms with E-state index < -0.39 is 0 Å². The molecule has 0 spiro atoms. The van der Waals surface area contributed by atoms with Crippen LogP contribution >= 0.6 is 12.6 Å². The summed E-state index contributed by atoms with van der Waals surface area (Å²) in [6.45, 7) is 9.06. The van der Waals surface area contributed by atoms with Crippen molar-refractivity contribution in [2.24, 2.45) is 5.41 Å². The lowest BCUT2D eigenvalue weighted by Crippen LogP contribution is -2.19. The Kier molecular flexibility index (Phi) is 3.88. The van der Waals surface area contributed by atoms with Gasteiger partial charge in [-0.2, -0.15) is 12.6 Å². The summed E-state index contributed by atoms with van der Waals surface area (Å²) in [5.41, 5.74) is 3.46. The first-order chi connectivity index (χ1) is 6.43. The highest BCUT2D eigenvalue weighted by Crippen LogP contribution is 2.40. The highest BCUT2D eigenvalue weighted by atomic mass is 32.1. The van der Waals surface area contributed by atoms with E-state index in [-0.39, 0.29) is 0 Å². The van der Waals surface area contributed by atoms with Crippen molar-refractivity contribution >= 4 is 12.6 Å². The molecule has 0 saturated heterocycles. The van der Waals surface area contributed by atoms with Crippen LogP contribution in [0.5, 0.6) is 0 Å². The molecule has 0 radical (unpaired) electrons. The zero-order chi connectivity index (χ0) is 10.8. The normalized spacial score (nSPS) is 24.4. The van der Waals surface area contributed by atoms with E-state index in [0.717, 1.165) is 0 Å². The summed E-state index contributed by atoms with van der Waals surface area (Å²) < 4.78 is 0. The van der Waals surface area contributed by atoms with Crippen LogP contribution in [0.3, 0.4) is 0 Å². The van der Waals surface area contributed by atoms with Crippen molar-refractivity contribution in [1.82, 2.24) is 0 Å². The molecule has 1 aliphatic carbocycles. The van der Waals surface area contributed by atoms with Crippen molar-refractivity contribution in [3.05, 3.63) is 23.3 Å². The molecule has 1 rings (SSSR count). The molecule has 1 aliphatic rings. The highest BCUT2D eigenvalue weighted by Gasteiger charge is 2.26. The van der Waals surface area contributed by atoms with Gasteiger partial charge in [0.15, 0.2) is 0 Å². The van der Waals surface area contributed by atoms with Crippen LogP contribution in [0.4, 0.5) is 0 Å². The summed E-state index contributed by atoms with van der Waals surface area (Å²) in [7, 11) is 0. The van der Waals surface area contributed by atoms with Crippen LogP contribution in [0.1, 0.15) is 47.0 Å². The molecule has 1 heteroatoms. The predicted molar refractivity (Wildman–Crippen MR) is 67.9 cm³/mol. The lowest BCUT2D eigenvalue weighted by atomic mass is 9.72. The van der Waals surface area contributed by atoms with Crippen molar-refractivity contribution in [2.45, 2.75) is 52.2 Å². The van der Waals surface area contributed by atoms with Crippen molar-refractivity contribution < 1.29 is 0 Å². The topological polar surface area (TPSA) is 0 Å². The Hall–Kier alpha value is -0.170. The second-order valence-corrected chi connectivity index (χ2v) is 5.85. The third-order valence-corrected chi connectivity index (χ3v) is 3.26. The Bertz CT molecular complexity index is 256. The molecule has 0 heterocycles. The molecule has 0 saturated carbocycles. The molecular formula is C13H22S. The first-order valence-corrected chi connectivity index (χ1v) is 6.01. The molecule has 1 unspecified atom stereocenters. The third kappa shape index (κ3) is 2.91. The van der Waals surface area contributed by atoms with Gasteiger partial charge in [-0.25, -0.2) is 0 Å². The Morgan fingerprint density at radius 1 is 1.43 bits per heavy atom. The summed E-state index contributed by atoms with van der Waals surface area (Å²) in [5, 5.41) is 0.355. The first-order valence-electron chi connectivity index (χ1n) is 5.50. The van der Waals surface area contributed by atoms with Crippen LogP contribution in [-0.2, 0) is 0 Å². The van der Waals surface area contributed by atoms with E-state index in [1.807, 2.05) is 0 Å². The fourth-order valence-corrected chi connectivity index (χ4v) is 2.33. The maximum Gasteiger partial charge on any atom is 0.0171 e. The maximum absolute atomic E-state index is 4.37. The Balaban J connectivity index is 2.91. The zero-order valence-corrected chi connectivity index (χ0v) is 10.7. The Labute approximate surface area is 93.9 Å². The van der Waals surface area contributed by atoms with Crippen LogP contribution in [0.25, 0.3) is 0 Å². The van der Waals surface area contributed by atoms with Gasteiger partial charge in [-0.15, -0.1) is 0 Å². The van der Waals surface area contributed by atoms with Gasteiger partial charge in [-0.3, -0.25) is 0 Å². The molecule has 0 amide bonds. The molecule has 0 aromatic heterocycles. The quantitative estimate of drug-likeness (QED) is 0.642. The highest BCUT2D eigenvalue weighted by molar-refractivity contribution is 7.81. The molecule has 14 heavy (non-hydrogen) atoms. The minimum Gasteiger partial charge on any atom is -0.172 e. The van der Waals surface area contributed by atoms with Gasteiger partial charge >= 0.3 is 0 Å². The van der Waals surface area contributed by atoms with E-state index in [2.05, 4.69) is 52.5 Å². The molecule has 0 nitrogen and oxygen atoms in total. The molecule has 0 fully saturated rings. The molecule has 1 atom stereocenters. The van der Waals surface area contributed by atoms with Gasteiger partial charge in [0.2, 0.25) is 0 Å². The minimum atomic E-state index is 0.355. The first kappa shape index (κ1) is 11.9. The predicted octanol–water partition coefficient (Wildman–Crippen LogP) is 4.39. The zero-order valence-electron chi connectivity index (χ0n) is 9.80. The largest absolute Gasteiger partial charge is 0.172 e. The van der Waals surface area contributed by atoms with Crippen LogP contribution in [-0.4, -0.2) is 5.25 Å². The van der Waals surface area contributed by atoms with Gasteiger partial charge in [0, 0.05) is 5.25 Å². The van der Waals surface area contributed by atoms with Gasteiger partial charge in [0.1, 0.15) is 0 Å². The second-order valence-electron chi connectivity index (χ2n) is 5.03. The second kappa shape index (κ2) is 4.57. The van der Waals surface area contributed by atoms with E-state index in [0.29, 0.717) is 10.7 Å². The van der Waals surface area contributed by atoms with Gasteiger partial charge < -0.3 is 0 Å². The molecular weight excluding hydrogens is 188 g/mol. The molecule has 0 aliphatic heterocycles. The number of hydrogen-bond acceptors (Lipinski definition) is 1. The lowest BCUT2D eigenvalue weighted by Gasteiger charge is -2.33. The third-order valence-electron chi connectivity index (χ3n) is 3.08. The average Bonchev–Trinajstić information content (AvgIpc) is 2.01. The molecule has 0 aromatic rings. The summed E-state index contributed by atoms with van der Waals surface area (Å²) in [5.74, 6) is 0. The molecule has 0 N–H and O–H groups in total. The smallest absolute Gasteiger partial charge is 0.0171 e. The van der Waals surface area contributed by atoms with Gasteiger partial charge in [-0.05, 0) is 44.1 Å². The van der Waals surface area contributed by atoms with Gasteiger partial charge in [-0.1, -0.05) is 31.6 Å². The summed E-state index contributed by atoms with van der Waals surface area (Å²) in [6, 6.07) is 0. The summed E-state index contributed by atoms with van der Waals surface area (Å²) in [4.78, 5) is 0. The lowest BCUT2D eigenvalue weighted by molar-refractivity contribution is 0.376. The van der Waals surface area contributed by atoms with Crippen molar-refractivity contribution in [3.8, 4) is 0 Å². The van der Waals surface area contributed by atoms with Crippen LogP contribution in [0.2, 0.25) is 0 Å². The van der Waals surface area contributed by atoms with Crippen molar-refractivity contribution in [3.63, 3.8) is 0 Å². The Morgan fingerprint density at radius 3 is 2.57 bits per heavy atom. The van der Waals surface area contributed by atoms with E-state index in [4.69, 9.17) is 0 Å². The van der Waals surface area contributed by atoms with E-state index in [1.165, 1.54) is 24.8 Å². The summed E-state index contributed by atoms with van der Waals surface area (Å²) >= 11 is 4.37. The fraction of sp³-hybridized carbons (Fsp3) is 0.692. The molecule has 0 aromatic carbocycles. The monoisotopic (exact) mass is 210 g/mol. The van der Waals surface area contributed by atoms with E-state index >= 15 is 0 Å². The van der Waals surface area contributed by atoms with Gasteiger partial charge in [0.05, 0.1) is 0 Å². The standard InChI is InChI=1S/C13H22S/c1-10-6-5-9-13(3,4)12(10)8-7-11(2)14/h7-8,11,14H,5-6,9H2,1-4H3. The molecule has 80 valence electrons. The number of hydrogen-bond donors (Lipinski definition) is 1. The van der Waals surface area contributed by atoms with Crippen molar-refractivity contribution in [1.29, 1.82) is 0 Å². The fourth-order valence-electron chi connectivity index (χ4n) is 2.25.